The van der Waals surface area contributed by atoms with Gasteiger partial charge in [0.25, 0.3) is 5.91 Å². The van der Waals surface area contributed by atoms with E-state index in [1.54, 1.807) is 66.7 Å². The number of fused-ring (bicyclic) bond motifs is 2. The van der Waals surface area contributed by atoms with Crippen molar-refractivity contribution in [3.63, 3.8) is 0 Å². The third kappa shape index (κ3) is 3.25. The molecule has 0 bridgehead atoms. The number of hydrogen-bond acceptors (Lipinski definition) is 7. The molecule has 9 nitrogen and oxygen atoms in total. The van der Waals surface area contributed by atoms with Crippen molar-refractivity contribution in [1.82, 2.24) is 4.57 Å². The van der Waals surface area contributed by atoms with Crippen molar-refractivity contribution >= 4 is 28.5 Å². The van der Waals surface area contributed by atoms with E-state index < -0.39 is 18.1 Å². The van der Waals surface area contributed by atoms with Gasteiger partial charge in [0, 0.05) is 16.5 Å². The van der Waals surface area contributed by atoms with Gasteiger partial charge in [-0.05, 0) is 30.3 Å². The molecule has 0 radical (unpaired) electrons. The molecule has 0 saturated heterocycles. The number of rotatable bonds is 5. The number of aromatic nitrogens is 1. The molecule has 1 N–H and O–H groups in total. The summed E-state index contributed by atoms with van der Waals surface area (Å²) in [6, 6.07) is 18.9. The van der Waals surface area contributed by atoms with Crippen molar-refractivity contribution in [3.8, 4) is 17.4 Å². The van der Waals surface area contributed by atoms with E-state index in [0.717, 1.165) is 0 Å². The number of azo groups is 1. The van der Waals surface area contributed by atoms with Gasteiger partial charge in [-0.1, -0.05) is 36.4 Å². The minimum absolute atomic E-state index is 0.0878. The first-order valence-electron chi connectivity index (χ1n) is 10.3. The zero-order valence-corrected chi connectivity index (χ0v) is 18.3. The largest absolute Gasteiger partial charge is 0.493 e. The summed E-state index contributed by atoms with van der Waals surface area (Å²) in [5, 5.41) is 19.5. The molecule has 2 heterocycles. The predicted molar refractivity (Wildman–Crippen MR) is 122 cm³/mol. The molecule has 0 saturated carbocycles. The van der Waals surface area contributed by atoms with E-state index in [-0.39, 0.29) is 22.9 Å². The van der Waals surface area contributed by atoms with E-state index in [0.29, 0.717) is 27.8 Å². The average molecular weight is 457 g/mol. The van der Waals surface area contributed by atoms with E-state index in [2.05, 4.69) is 10.2 Å². The minimum Gasteiger partial charge on any atom is -0.493 e. The van der Waals surface area contributed by atoms with E-state index in [9.17, 15) is 14.7 Å². The lowest BCUT2D eigenvalue weighted by atomic mass is 10.1. The van der Waals surface area contributed by atoms with E-state index in [4.69, 9.17) is 14.2 Å². The summed E-state index contributed by atoms with van der Waals surface area (Å²) in [5.41, 5.74) is 1.70. The third-order valence-corrected chi connectivity index (χ3v) is 5.62. The van der Waals surface area contributed by atoms with Crippen LogP contribution in [0.5, 0.6) is 17.4 Å². The topological polar surface area (TPSA) is 112 Å². The Morgan fingerprint density at radius 2 is 1.74 bits per heavy atom. The van der Waals surface area contributed by atoms with Gasteiger partial charge in [-0.25, -0.2) is 4.79 Å². The molecule has 0 fully saturated rings. The molecule has 34 heavy (non-hydrogen) atoms. The summed E-state index contributed by atoms with van der Waals surface area (Å²) >= 11 is 0. The highest BCUT2D eigenvalue weighted by Crippen LogP contribution is 2.48. The Hall–Kier alpha value is -4.66. The lowest BCUT2D eigenvalue weighted by molar-refractivity contribution is 0.0316. The maximum atomic E-state index is 12.8. The summed E-state index contributed by atoms with van der Waals surface area (Å²) in [7, 11) is 2.91. The quantitative estimate of drug-likeness (QED) is 0.333. The van der Waals surface area contributed by atoms with Gasteiger partial charge in [-0.15, -0.1) is 10.2 Å². The van der Waals surface area contributed by atoms with Crippen LogP contribution >= 0.6 is 0 Å². The molecule has 170 valence electrons. The fourth-order valence-electron chi connectivity index (χ4n) is 4.08. The maximum Gasteiger partial charge on any atom is 0.344 e. The van der Waals surface area contributed by atoms with Crippen LogP contribution in [-0.4, -0.2) is 35.8 Å². The van der Waals surface area contributed by atoms with E-state index >= 15 is 0 Å². The number of amides is 1. The molecule has 1 unspecified atom stereocenters. The van der Waals surface area contributed by atoms with Crippen LogP contribution in [0.25, 0.3) is 10.9 Å². The molecule has 1 amide bonds. The second-order valence-electron chi connectivity index (χ2n) is 7.45. The Labute approximate surface area is 193 Å². The summed E-state index contributed by atoms with van der Waals surface area (Å²) in [4.78, 5) is 25.2. The molecule has 1 aliphatic heterocycles. The van der Waals surface area contributed by atoms with Crippen molar-refractivity contribution in [2.45, 2.75) is 6.23 Å². The van der Waals surface area contributed by atoms with Crippen LogP contribution in [0.15, 0.2) is 77.0 Å². The van der Waals surface area contributed by atoms with Gasteiger partial charge < -0.3 is 19.3 Å². The zero-order chi connectivity index (χ0) is 23.8. The maximum absolute atomic E-state index is 12.8. The SMILES string of the molecule is COc1ccc2c(c1OC)C(=O)OC2n1c(O)c(N=NC(=O)c2ccccc2)c2ccccc21. The number of carbonyl (C=O) groups is 2. The average Bonchev–Trinajstić information content (AvgIpc) is 3.35. The first-order chi connectivity index (χ1) is 16.5. The number of aromatic hydroxyl groups is 1. The number of methoxy groups -OCH3 is 2. The smallest absolute Gasteiger partial charge is 0.344 e. The monoisotopic (exact) mass is 457 g/mol. The van der Waals surface area contributed by atoms with Gasteiger partial charge in [0.15, 0.2) is 17.2 Å². The van der Waals surface area contributed by atoms with Gasteiger partial charge in [0.1, 0.15) is 5.56 Å². The summed E-state index contributed by atoms with van der Waals surface area (Å²) in [5.74, 6) is -0.834. The van der Waals surface area contributed by atoms with Crippen LogP contribution in [-0.2, 0) is 4.74 Å². The number of carbonyl (C=O) groups excluding carboxylic acids is 2. The number of nitrogens with zero attached hydrogens (tertiary/aromatic N) is 3. The number of esters is 1. The Morgan fingerprint density at radius 3 is 2.47 bits per heavy atom. The van der Waals surface area contributed by atoms with Crippen LogP contribution in [0.1, 0.15) is 32.5 Å². The number of ether oxygens (including phenoxy) is 3. The Kier molecular flexibility index (Phi) is 5.21. The molecule has 0 aliphatic carbocycles. The Bertz CT molecular complexity index is 1460. The number of cyclic esters (lactones) is 1. The van der Waals surface area contributed by atoms with E-state index in [1.165, 1.54) is 18.8 Å². The van der Waals surface area contributed by atoms with Crippen molar-refractivity contribution in [2.24, 2.45) is 10.2 Å². The van der Waals surface area contributed by atoms with Crippen molar-refractivity contribution in [3.05, 3.63) is 83.4 Å². The highest BCUT2D eigenvalue weighted by atomic mass is 16.6. The van der Waals surface area contributed by atoms with Gasteiger partial charge >= 0.3 is 5.97 Å². The highest BCUT2D eigenvalue weighted by Gasteiger charge is 2.39. The van der Waals surface area contributed by atoms with Crippen LogP contribution in [0.2, 0.25) is 0 Å². The first kappa shape index (κ1) is 21.2. The number of benzene rings is 3. The van der Waals surface area contributed by atoms with Crippen molar-refractivity contribution < 1.29 is 28.9 Å². The minimum atomic E-state index is -0.985. The van der Waals surface area contributed by atoms with Crippen LogP contribution in [0.3, 0.4) is 0 Å². The molecule has 0 spiro atoms. The molecule has 1 aromatic heterocycles. The first-order valence-corrected chi connectivity index (χ1v) is 10.3. The molecule has 4 aromatic rings. The van der Waals surface area contributed by atoms with Gasteiger partial charge in [0.2, 0.25) is 12.1 Å². The normalized spacial score (nSPS) is 14.9. The van der Waals surface area contributed by atoms with Gasteiger partial charge in [-0.2, -0.15) is 0 Å². The zero-order valence-electron chi connectivity index (χ0n) is 18.3. The molecule has 9 heteroatoms. The Morgan fingerprint density at radius 1 is 1.00 bits per heavy atom. The lowest BCUT2D eigenvalue weighted by Crippen LogP contribution is -2.09. The fraction of sp³-hybridized carbons (Fsp3) is 0.120. The highest BCUT2D eigenvalue weighted by molar-refractivity contribution is 6.00. The summed E-state index contributed by atoms with van der Waals surface area (Å²) < 4.78 is 17.8. The molecular formula is C25H19N3O6. The van der Waals surface area contributed by atoms with Crippen LogP contribution in [0, 0.1) is 0 Å². The molecule has 1 aliphatic rings. The standard InChI is InChI=1S/C25H19N3O6/c1-32-18-13-12-16-19(21(18)33-2)25(31)34-24(16)28-17-11-7-6-10-15(17)20(23(28)30)26-27-22(29)14-8-4-3-5-9-14/h3-13,24,30H,1-2H3. The molecule has 5 rings (SSSR count). The van der Waals surface area contributed by atoms with Crippen LogP contribution in [0.4, 0.5) is 5.69 Å². The van der Waals surface area contributed by atoms with Crippen molar-refractivity contribution in [2.75, 3.05) is 14.2 Å². The number of para-hydroxylation sites is 1. The summed E-state index contributed by atoms with van der Waals surface area (Å²) in [6.45, 7) is 0. The summed E-state index contributed by atoms with van der Waals surface area (Å²) in [6.07, 6.45) is -0.985. The van der Waals surface area contributed by atoms with Crippen molar-refractivity contribution in [1.29, 1.82) is 0 Å². The van der Waals surface area contributed by atoms with Gasteiger partial charge in [-0.3, -0.25) is 9.36 Å². The van der Waals surface area contributed by atoms with Crippen LogP contribution < -0.4 is 9.47 Å². The molecule has 3 aromatic carbocycles. The fourth-order valence-corrected chi connectivity index (χ4v) is 4.08. The number of hydrogen-bond donors (Lipinski definition) is 1. The predicted octanol–water partition coefficient (Wildman–Crippen LogP) is 5.01. The molecule has 1 atom stereocenters. The second-order valence-corrected chi connectivity index (χ2v) is 7.45. The Balaban J connectivity index is 1.64. The third-order valence-electron chi connectivity index (χ3n) is 5.62. The van der Waals surface area contributed by atoms with Gasteiger partial charge in [0.05, 0.1) is 19.7 Å². The lowest BCUT2D eigenvalue weighted by Gasteiger charge is -2.16. The molecular weight excluding hydrogens is 438 g/mol. The van der Waals surface area contributed by atoms with E-state index in [1.807, 2.05) is 0 Å². The second kappa shape index (κ2) is 8.36.